The van der Waals surface area contributed by atoms with Gasteiger partial charge in [0, 0.05) is 62.4 Å². The molecule has 0 spiro atoms. The number of nitrogens with zero attached hydrogens (tertiary/aromatic N) is 5. The lowest BCUT2D eigenvalue weighted by Gasteiger charge is -2.36. The van der Waals surface area contributed by atoms with E-state index in [1.807, 2.05) is 11.0 Å². The molecule has 1 saturated heterocycles. The maximum Gasteiger partial charge on any atom is 0.423 e. The quantitative estimate of drug-likeness (QED) is 0.183. The van der Waals surface area contributed by atoms with Gasteiger partial charge in [0.2, 0.25) is 0 Å². The molecule has 2 aliphatic rings. The third-order valence-corrected chi connectivity index (χ3v) is 7.56. The number of hydrogen-bond donors (Lipinski definition) is 1. The smallest absolute Gasteiger partial charge is 0.423 e. The Hall–Kier alpha value is -4.30. The van der Waals surface area contributed by atoms with E-state index in [4.69, 9.17) is 4.74 Å². The Balaban J connectivity index is 1.13. The van der Waals surface area contributed by atoms with E-state index in [9.17, 15) is 36.5 Å². The Morgan fingerprint density at radius 3 is 2.00 bits per heavy atom. The fourth-order valence-corrected chi connectivity index (χ4v) is 5.34. The van der Waals surface area contributed by atoms with Gasteiger partial charge >= 0.3 is 12.4 Å². The molecule has 3 heterocycles. The monoisotopic (exact) mass is 610 g/mol. The van der Waals surface area contributed by atoms with Crippen molar-refractivity contribution >= 4 is 23.0 Å². The number of aromatic nitrogens is 2. The summed E-state index contributed by atoms with van der Waals surface area (Å²) in [5.41, 5.74) is -2.84. The molecule has 1 aliphatic heterocycles. The fraction of sp³-hybridized carbons (Fsp3) is 0.429. The minimum absolute atomic E-state index is 0.111. The summed E-state index contributed by atoms with van der Waals surface area (Å²) in [5.74, 6) is 1.58. The number of piperazine rings is 1. The molecule has 5 rings (SSSR count). The van der Waals surface area contributed by atoms with Crippen molar-refractivity contribution in [2.75, 3.05) is 41.3 Å². The highest BCUT2D eigenvalue weighted by atomic mass is 19.4. The number of anilines is 3. The van der Waals surface area contributed by atoms with Crippen LogP contribution in [0.3, 0.4) is 0 Å². The van der Waals surface area contributed by atoms with Crippen LogP contribution in [0.2, 0.25) is 0 Å². The van der Waals surface area contributed by atoms with Gasteiger partial charge < -0.3 is 19.9 Å². The molecule has 1 N–H and O–H groups in total. The molecule has 15 heteroatoms. The van der Waals surface area contributed by atoms with Gasteiger partial charge in [-0.05, 0) is 56.0 Å². The van der Waals surface area contributed by atoms with Gasteiger partial charge in [-0.2, -0.15) is 26.3 Å². The molecular formula is C28H28F6N6O3. The zero-order valence-corrected chi connectivity index (χ0v) is 22.7. The van der Waals surface area contributed by atoms with Crippen molar-refractivity contribution in [1.29, 1.82) is 0 Å². The zero-order valence-electron chi connectivity index (χ0n) is 22.7. The van der Waals surface area contributed by atoms with Crippen LogP contribution in [0.25, 0.3) is 0 Å². The lowest BCUT2D eigenvalue weighted by Crippen LogP contribution is -2.47. The minimum Gasteiger partial charge on any atom is -0.490 e. The number of hydrogen-bond acceptors (Lipinski definition) is 8. The van der Waals surface area contributed by atoms with Crippen molar-refractivity contribution < 1.29 is 36.0 Å². The van der Waals surface area contributed by atoms with E-state index in [0.717, 1.165) is 30.5 Å². The largest absolute Gasteiger partial charge is 0.490 e. The van der Waals surface area contributed by atoms with Crippen LogP contribution in [-0.2, 0) is 12.4 Å². The summed E-state index contributed by atoms with van der Waals surface area (Å²) in [4.78, 5) is 22.3. The van der Waals surface area contributed by atoms with Gasteiger partial charge in [0.15, 0.2) is 0 Å². The Bertz CT molecular complexity index is 1440. The summed E-state index contributed by atoms with van der Waals surface area (Å²) in [6, 6.07) is 8.37. The maximum atomic E-state index is 13.3. The number of halogens is 6. The van der Waals surface area contributed by atoms with Gasteiger partial charge in [0.05, 0.1) is 16.6 Å². The van der Waals surface area contributed by atoms with Crippen LogP contribution in [-0.4, -0.2) is 53.2 Å². The Kier molecular flexibility index (Phi) is 8.51. The predicted octanol–water partition coefficient (Wildman–Crippen LogP) is 6.55. The van der Waals surface area contributed by atoms with Gasteiger partial charge in [-0.3, -0.25) is 10.1 Å². The van der Waals surface area contributed by atoms with E-state index in [1.54, 1.807) is 17.2 Å². The van der Waals surface area contributed by atoms with Crippen molar-refractivity contribution in [2.45, 2.75) is 50.2 Å². The lowest BCUT2D eigenvalue weighted by molar-refractivity contribution is -0.388. The summed E-state index contributed by atoms with van der Waals surface area (Å²) in [6.45, 7) is 2.00. The molecule has 1 saturated carbocycles. The van der Waals surface area contributed by atoms with Crippen LogP contribution in [0.1, 0.15) is 36.8 Å². The molecule has 0 unspecified atom stereocenters. The molecule has 0 amide bonds. The highest BCUT2D eigenvalue weighted by Gasteiger charge is 2.38. The van der Waals surface area contributed by atoms with Gasteiger partial charge in [-0.1, -0.05) is 0 Å². The highest BCUT2D eigenvalue weighted by molar-refractivity contribution is 5.55. The summed E-state index contributed by atoms with van der Waals surface area (Å²) in [7, 11) is 0. The number of nitro groups is 1. The third-order valence-electron chi connectivity index (χ3n) is 7.56. The molecule has 0 atom stereocenters. The zero-order chi connectivity index (χ0) is 30.8. The average Bonchev–Trinajstić information content (AvgIpc) is 2.97. The summed E-state index contributed by atoms with van der Waals surface area (Å²) in [6.07, 6.45) is -4.04. The third kappa shape index (κ3) is 7.38. The minimum atomic E-state index is -4.84. The van der Waals surface area contributed by atoms with Gasteiger partial charge in [0.1, 0.15) is 22.9 Å². The van der Waals surface area contributed by atoms with Gasteiger partial charge in [0.25, 0.3) is 5.69 Å². The van der Waals surface area contributed by atoms with Crippen LogP contribution in [0.5, 0.6) is 5.75 Å². The number of nitrogens with one attached hydrogen (secondary N) is 1. The summed E-state index contributed by atoms with van der Waals surface area (Å²) < 4.78 is 85.4. The normalized spacial score (nSPS) is 19.7. The molecule has 1 aliphatic carbocycles. The Morgan fingerprint density at radius 1 is 0.814 bits per heavy atom. The van der Waals surface area contributed by atoms with Gasteiger partial charge in [-0.15, -0.1) is 0 Å². The first-order valence-corrected chi connectivity index (χ1v) is 13.6. The van der Waals surface area contributed by atoms with E-state index < -0.39 is 34.1 Å². The average molecular weight is 611 g/mol. The van der Waals surface area contributed by atoms with Crippen LogP contribution >= 0.6 is 0 Å². The van der Waals surface area contributed by atoms with Crippen molar-refractivity contribution in [1.82, 2.24) is 9.97 Å². The second-order valence-corrected chi connectivity index (χ2v) is 10.4. The van der Waals surface area contributed by atoms with E-state index >= 15 is 0 Å². The van der Waals surface area contributed by atoms with Gasteiger partial charge in [-0.25, -0.2) is 9.97 Å². The summed E-state index contributed by atoms with van der Waals surface area (Å²) in [5, 5.41) is 14.1. The first-order chi connectivity index (χ1) is 20.4. The van der Waals surface area contributed by atoms with Crippen molar-refractivity contribution in [3.05, 3.63) is 76.1 Å². The predicted molar refractivity (Wildman–Crippen MR) is 146 cm³/mol. The molecule has 9 nitrogen and oxygen atoms in total. The van der Waals surface area contributed by atoms with Crippen molar-refractivity contribution in [3.63, 3.8) is 0 Å². The first kappa shape index (κ1) is 30.2. The molecular weight excluding hydrogens is 582 g/mol. The Labute approximate surface area is 242 Å². The molecule has 1 aromatic carbocycles. The lowest BCUT2D eigenvalue weighted by atomic mass is 9.92. The van der Waals surface area contributed by atoms with E-state index in [2.05, 4.69) is 15.3 Å². The highest BCUT2D eigenvalue weighted by Crippen LogP contribution is 2.38. The second-order valence-electron chi connectivity index (χ2n) is 10.4. The van der Waals surface area contributed by atoms with Crippen LogP contribution < -0.4 is 19.9 Å². The number of nitro benzene ring substituents is 1. The molecule has 2 fully saturated rings. The van der Waals surface area contributed by atoms with Crippen LogP contribution in [0.4, 0.5) is 49.4 Å². The molecule has 230 valence electrons. The molecule has 0 bridgehead atoms. The number of benzene rings is 1. The molecule has 0 radical (unpaired) electrons. The number of pyridine rings is 2. The SMILES string of the molecule is O=[N+]([O-])c1ccc(N[C@H]2CC[C@H](Oc3ccnc(N4CCN(c5cc(C(F)(F)F)ccn5)CC4)c3)CC2)cc1C(F)(F)F. The van der Waals surface area contributed by atoms with E-state index in [1.165, 1.54) is 6.07 Å². The number of alkyl halides is 6. The van der Waals surface area contributed by atoms with E-state index in [-0.39, 0.29) is 23.7 Å². The fourth-order valence-electron chi connectivity index (χ4n) is 5.34. The number of ether oxygens (including phenoxy) is 1. The maximum absolute atomic E-state index is 13.3. The molecule has 3 aromatic rings. The topological polar surface area (TPSA) is 96.7 Å². The van der Waals surface area contributed by atoms with Crippen molar-refractivity contribution in [3.8, 4) is 5.75 Å². The standard InChI is InChI=1S/C28H28F6N6O3/c29-27(30,31)18-7-9-35-25(15-18)38-11-13-39(14-12-38)26-17-22(8-10-36-26)43-21-4-1-19(2-5-21)37-20-3-6-24(40(41)42)23(16-20)28(32,33)34/h3,6-10,15-17,19,21,37H,1-2,4-5,11-14H2/t19-,21-. The van der Waals surface area contributed by atoms with E-state index in [0.29, 0.717) is 63.4 Å². The Morgan fingerprint density at radius 2 is 1.42 bits per heavy atom. The van der Waals surface area contributed by atoms with Crippen LogP contribution in [0.15, 0.2) is 54.9 Å². The number of rotatable bonds is 7. The molecule has 43 heavy (non-hydrogen) atoms. The van der Waals surface area contributed by atoms with Crippen LogP contribution in [0, 0.1) is 10.1 Å². The summed E-state index contributed by atoms with van der Waals surface area (Å²) >= 11 is 0. The second kappa shape index (κ2) is 12.1. The van der Waals surface area contributed by atoms with Crippen molar-refractivity contribution in [2.24, 2.45) is 0 Å². The molecule has 2 aromatic heterocycles. The first-order valence-electron chi connectivity index (χ1n) is 13.6.